The van der Waals surface area contributed by atoms with Gasteiger partial charge in [0, 0.05) is 13.3 Å². The van der Waals surface area contributed by atoms with Crippen LogP contribution in [0.3, 0.4) is 0 Å². The summed E-state index contributed by atoms with van der Waals surface area (Å²) in [5.41, 5.74) is -0.0452. The van der Waals surface area contributed by atoms with E-state index in [2.05, 4.69) is 16.3 Å². The number of hydrogen-bond acceptors (Lipinski definition) is 2. The molecule has 0 N–H and O–H groups in total. The van der Waals surface area contributed by atoms with E-state index in [1.807, 2.05) is 0 Å². The Morgan fingerprint density at radius 3 is 2.11 bits per heavy atom. The summed E-state index contributed by atoms with van der Waals surface area (Å²) in [5, 5.41) is -4.61. The molecule has 0 spiro atoms. The molecule has 0 heterocycles. The van der Waals surface area contributed by atoms with Crippen LogP contribution in [0.15, 0.2) is 24.3 Å². The van der Waals surface area contributed by atoms with E-state index < -0.39 is 23.7 Å². The van der Waals surface area contributed by atoms with E-state index in [4.69, 9.17) is 0 Å². The van der Waals surface area contributed by atoms with Crippen LogP contribution >= 0.6 is 11.6 Å². The highest BCUT2D eigenvalue weighted by atomic mass is 35.5. The van der Waals surface area contributed by atoms with Crippen LogP contribution in [0.5, 0.6) is 5.75 Å². The average Bonchev–Trinajstić information content (AvgIpc) is 2.18. The number of carbonyl (C=O) groups is 1. The van der Waals surface area contributed by atoms with Gasteiger partial charge in [-0.15, -0.1) is 0 Å². The highest BCUT2D eigenvalue weighted by molar-refractivity contribution is 6.22. The minimum Gasteiger partial charge on any atom is -0.427 e. The zero-order chi connectivity index (χ0) is 14.0. The maximum absolute atomic E-state index is 13.0. The Labute approximate surface area is 105 Å². The predicted molar refractivity (Wildman–Crippen MR) is 57.2 cm³/mol. The molecule has 0 saturated carbocycles. The van der Waals surface area contributed by atoms with Crippen molar-refractivity contribution in [3.63, 3.8) is 0 Å². The predicted octanol–water partition coefficient (Wildman–Crippen LogP) is 3.62. The van der Waals surface area contributed by atoms with Crippen LogP contribution in [0.2, 0.25) is 0 Å². The second-order valence-corrected chi connectivity index (χ2v) is 4.09. The van der Waals surface area contributed by atoms with Crippen molar-refractivity contribution in [2.45, 2.75) is 24.6 Å². The van der Waals surface area contributed by atoms with Gasteiger partial charge < -0.3 is 4.74 Å². The summed E-state index contributed by atoms with van der Waals surface area (Å²) >= 11 is 4.32. The van der Waals surface area contributed by atoms with Gasteiger partial charge in [-0.2, -0.15) is 17.6 Å². The summed E-state index contributed by atoms with van der Waals surface area (Å²) in [6.45, 7) is 1.18. The molecule has 0 saturated heterocycles. The number of esters is 1. The second-order valence-electron chi connectivity index (χ2n) is 3.62. The van der Waals surface area contributed by atoms with E-state index in [1.165, 1.54) is 19.1 Å². The van der Waals surface area contributed by atoms with Crippen molar-refractivity contribution in [2.24, 2.45) is 0 Å². The number of benzene rings is 1. The van der Waals surface area contributed by atoms with Crippen LogP contribution in [0.25, 0.3) is 0 Å². The van der Waals surface area contributed by atoms with Gasteiger partial charge in [0.1, 0.15) is 5.75 Å². The standard InChI is InChI=1S/C11H9ClF4O2/c1-7(17)18-9-4-2-8(3-5-9)6-10(13,14)11(12,15)16/h2-5H,6H2,1H3. The maximum atomic E-state index is 13.0. The van der Waals surface area contributed by atoms with Crippen molar-refractivity contribution < 1.29 is 27.1 Å². The van der Waals surface area contributed by atoms with E-state index in [-0.39, 0.29) is 11.3 Å². The van der Waals surface area contributed by atoms with E-state index in [0.29, 0.717) is 0 Å². The maximum Gasteiger partial charge on any atom is 0.384 e. The number of carbonyl (C=O) groups excluding carboxylic acids is 1. The molecule has 100 valence electrons. The Kier molecular flexibility index (Phi) is 4.21. The average molecular weight is 285 g/mol. The lowest BCUT2D eigenvalue weighted by Gasteiger charge is -2.20. The molecule has 0 aliphatic heterocycles. The van der Waals surface area contributed by atoms with Crippen molar-refractivity contribution in [2.75, 3.05) is 0 Å². The number of hydrogen-bond donors (Lipinski definition) is 0. The van der Waals surface area contributed by atoms with Gasteiger partial charge in [-0.25, -0.2) is 0 Å². The van der Waals surface area contributed by atoms with E-state index in [1.54, 1.807) is 0 Å². The van der Waals surface area contributed by atoms with Crippen LogP contribution in [-0.4, -0.2) is 17.3 Å². The van der Waals surface area contributed by atoms with Gasteiger partial charge in [-0.3, -0.25) is 4.79 Å². The molecule has 0 atom stereocenters. The first-order valence-electron chi connectivity index (χ1n) is 4.84. The SMILES string of the molecule is CC(=O)Oc1ccc(CC(F)(F)C(F)(F)Cl)cc1. The summed E-state index contributed by atoms with van der Waals surface area (Å²) in [6.07, 6.45) is -1.20. The summed E-state index contributed by atoms with van der Waals surface area (Å²) in [5.74, 6) is -4.77. The molecule has 0 radical (unpaired) electrons. The van der Waals surface area contributed by atoms with Crippen LogP contribution in [0.1, 0.15) is 12.5 Å². The molecule has 7 heteroatoms. The van der Waals surface area contributed by atoms with E-state index in [0.717, 1.165) is 12.1 Å². The fourth-order valence-corrected chi connectivity index (χ4v) is 1.26. The number of rotatable bonds is 4. The fourth-order valence-electron chi connectivity index (χ4n) is 1.20. The second kappa shape index (κ2) is 5.14. The molecule has 0 amide bonds. The molecule has 0 fully saturated rings. The van der Waals surface area contributed by atoms with Crippen molar-refractivity contribution >= 4 is 17.6 Å². The molecule has 1 aromatic rings. The molecule has 0 aromatic heterocycles. The quantitative estimate of drug-likeness (QED) is 0.365. The first kappa shape index (κ1) is 14.8. The van der Waals surface area contributed by atoms with Crippen molar-refractivity contribution in [3.8, 4) is 5.75 Å². The van der Waals surface area contributed by atoms with Crippen LogP contribution in [-0.2, 0) is 11.2 Å². The third kappa shape index (κ3) is 3.87. The Balaban J connectivity index is 2.78. The number of alkyl halides is 5. The molecular formula is C11H9ClF4O2. The van der Waals surface area contributed by atoms with Crippen molar-refractivity contribution in [1.29, 1.82) is 0 Å². The first-order valence-corrected chi connectivity index (χ1v) is 5.21. The molecule has 0 unspecified atom stereocenters. The zero-order valence-corrected chi connectivity index (χ0v) is 9.98. The molecule has 18 heavy (non-hydrogen) atoms. The lowest BCUT2D eigenvalue weighted by atomic mass is 10.1. The van der Waals surface area contributed by atoms with Gasteiger partial charge >= 0.3 is 17.3 Å². The molecule has 0 bridgehead atoms. The molecule has 0 aliphatic rings. The van der Waals surface area contributed by atoms with Crippen LogP contribution in [0, 0.1) is 0 Å². The smallest absolute Gasteiger partial charge is 0.384 e. The summed E-state index contributed by atoms with van der Waals surface area (Å²) < 4.78 is 55.4. The fraction of sp³-hybridized carbons (Fsp3) is 0.364. The third-order valence-electron chi connectivity index (χ3n) is 2.03. The number of halogens is 5. The topological polar surface area (TPSA) is 26.3 Å². The van der Waals surface area contributed by atoms with Gasteiger partial charge in [-0.05, 0) is 29.3 Å². The van der Waals surface area contributed by atoms with Gasteiger partial charge in [0.15, 0.2) is 0 Å². The van der Waals surface area contributed by atoms with E-state index >= 15 is 0 Å². The third-order valence-corrected chi connectivity index (χ3v) is 2.30. The summed E-state index contributed by atoms with van der Waals surface area (Å²) in [4.78, 5) is 10.6. The Morgan fingerprint density at radius 1 is 1.22 bits per heavy atom. The Morgan fingerprint density at radius 2 is 1.72 bits per heavy atom. The van der Waals surface area contributed by atoms with Crippen molar-refractivity contribution in [1.82, 2.24) is 0 Å². The van der Waals surface area contributed by atoms with Crippen molar-refractivity contribution in [3.05, 3.63) is 29.8 Å². The van der Waals surface area contributed by atoms with Crippen LogP contribution in [0.4, 0.5) is 17.6 Å². The largest absolute Gasteiger partial charge is 0.427 e. The van der Waals surface area contributed by atoms with Gasteiger partial charge in [0.2, 0.25) is 0 Å². The lowest BCUT2D eigenvalue weighted by Crippen LogP contribution is -2.37. The molecule has 0 aliphatic carbocycles. The first-order chi connectivity index (χ1) is 8.12. The highest BCUT2D eigenvalue weighted by Gasteiger charge is 2.54. The number of ether oxygens (including phenoxy) is 1. The molecule has 1 aromatic carbocycles. The van der Waals surface area contributed by atoms with Gasteiger partial charge in [0.25, 0.3) is 0 Å². The van der Waals surface area contributed by atoms with E-state index in [9.17, 15) is 22.4 Å². The summed E-state index contributed by atoms with van der Waals surface area (Å²) in [7, 11) is 0. The minimum atomic E-state index is -4.61. The zero-order valence-electron chi connectivity index (χ0n) is 9.22. The monoisotopic (exact) mass is 284 g/mol. The molecule has 1 rings (SSSR count). The lowest BCUT2D eigenvalue weighted by molar-refractivity contribution is -0.155. The van der Waals surface area contributed by atoms with Crippen LogP contribution < -0.4 is 4.74 Å². The minimum absolute atomic E-state index is 0.0452. The Bertz CT molecular complexity index is 426. The Hall–Kier alpha value is -1.30. The van der Waals surface area contributed by atoms with Gasteiger partial charge in [-0.1, -0.05) is 12.1 Å². The molecule has 2 nitrogen and oxygen atoms in total. The highest BCUT2D eigenvalue weighted by Crippen LogP contribution is 2.40. The van der Waals surface area contributed by atoms with Gasteiger partial charge in [0.05, 0.1) is 0 Å². The molecular weight excluding hydrogens is 276 g/mol. The normalized spacial score (nSPS) is 12.3. The summed E-state index contributed by atoms with van der Waals surface area (Å²) in [6, 6.07) is 4.79.